The first kappa shape index (κ1) is 15.2. The number of carbonyl (C=O) groups excluding carboxylic acids is 1. The van der Waals surface area contributed by atoms with Crippen molar-refractivity contribution < 1.29 is 9.53 Å². The van der Waals surface area contributed by atoms with Gasteiger partial charge in [0.15, 0.2) is 5.75 Å². The van der Waals surface area contributed by atoms with Crippen LogP contribution in [-0.4, -0.2) is 39.1 Å². The predicted molar refractivity (Wildman–Crippen MR) is 78.4 cm³/mol. The van der Waals surface area contributed by atoms with Crippen molar-refractivity contribution in [3.05, 3.63) is 39.3 Å². The number of methoxy groups -OCH3 is 1. The number of aryl methyl sites for hydroxylation is 1. The SMILES string of the molecule is COc1cccn(CC(=O)N(C)Cc2snnc2C)c1=O. The van der Waals surface area contributed by atoms with E-state index in [9.17, 15) is 9.59 Å². The highest BCUT2D eigenvalue weighted by atomic mass is 32.1. The maximum Gasteiger partial charge on any atom is 0.293 e. The minimum atomic E-state index is -0.322. The Morgan fingerprint density at radius 2 is 2.29 bits per heavy atom. The zero-order valence-electron chi connectivity index (χ0n) is 12.1. The summed E-state index contributed by atoms with van der Waals surface area (Å²) in [6, 6.07) is 3.24. The summed E-state index contributed by atoms with van der Waals surface area (Å²) in [5, 5.41) is 3.91. The number of aromatic nitrogens is 3. The highest BCUT2D eigenvalue weighted by Gasteiger charge is 2.14. The van der Waals surface area contributed by atoms with Gasteiger partial charge in [0.1, 0.15) is 6.54 Å². The Bertz CT molecular complexity index is 695. The molecule has 112 valence electrons. The monoisotopic (exact) mass is 308 g/mol. The third-order valence-corrected chi connectivity index (χ3v) is 3.87. The first-order valence-corrected chi connectivity index (χ1v) is 7.05. The van der Waals surface area contributed by atoms with Crippen molar-refractivity contribution in [3.8, 4) is 5.75 Å². The lowest BCUT2D eigenvalue weighted by Gasteiger charge is -2.17. The molecule has 0 saturated heterocycles. The average Bonchev–Trinajstić information content (AvgIpc) is 2.86. The van der Waals surface area contributed by atoms with Crippen molar-refractivity contribution in [2.75, 3.05) is 14.2 Å². The van der Waals surface area contributed by atoms with E-state index in [1.165, 1.54) is 23.2 Å². The van der Waals surface area contributed by atoms with Gasteiger partial charge in [-0.05, 0) is 30.6 Å². The van der Waals surface area contributed by atoms with E-state index in [1.54, 1.807) is 30.3 Å². The summed E-state index contributed by atoms with van der Waals surface area (Å²) in [4.78, 5) is 26.7. The zero-order valence-corrected chi connectivity index (χ0v) is 12.9. The number of amides is 1. The molecule has 21 heavy (non-hydrogen) atoms. The van der Waals surface area contributed by atoms with Crippen LogP contribution < -0.4 is 10.3 Å². The van der Waals surface area contributed by atoms with Gasteiger partial charge in [-0.2, -0.15) is 0 Å². The van der Waals surface area contributed by atoms with Gasteiger partial charge in [-0.25, -0.2) is 0 Å². The summed E-state index contributed by atoms with van der Waals surface area (Å²) in [7, 11) is 3.11. The van der Waals surface area contributed by atoms with E-state index in [-0.39, 0.29) is 23.8 Å². The van der Waals surface area contributed by atoms with Crippen LogP contribution in [0.15, 0.2) is 23.1 Å². The van der Waals surface area contributed by atoms with Gasteiger partial charge in [0.25, 0.3) is 5.56 Å². The summed E-state index contributed by atoms with van der Waals surface area (Å²) in [6.45, 7) is 2.25. The molecule has 2 aromatic heterocycles. The average molecular weight is 308 g/mol. The number of nitrogens with zero attached hydrogens (tertiary/aromatic N) is 4. The Morgan fingerprint density at radius 1 is 1.52 bits per heavy atom. The molecule has 0 N–H and O–H groups in total. The molecule has 0 bridgehead atoms. The Labute approximate surface area is 125 Å². The van der Waals surface area contributed by atoms with E-state index in [4.69, 9.17) is 4.74 Å². The van der Waals surface area contributed by atoms with Crippen molar-refractivity contribution in [2.24, 2.45) is 0 Å². The normalized spacial score (nSPS) is 10.4. The second-order valence-electron chi connectivity index (χ2n) is 4.54. The maximum atomic E-state index is 12.2. The Kier molecular flexibility index (Phi) is 4.69. The standard InChI is InChI=1S/C13H16N4O3S/c1-9-11(21-15-14-9)7-16(2)12(18)8-17-6-4-5-10(20-3)13(17)19/h4-6H,7-8H2,1-3H3. The molecule has 2 heterocycles. The molecule has 0 fully saturated rings. The summed E-state index contributed by atoms with van der Waals surface area (Å²) < 4.78 is 10.1. The molecule has 7 nitrogen and oxygen atoms in total. The van der Waals surface area contributed by atoms with Crippen LogP contribution in [0, 0.1) is 6.92 Å². The number of pyridine rings is 1. The molecule has 0 atom stereocenters. The fourth-order valence-electron chi connectivity index (χ4n) is 1.76. The number of likely N-dealkylation sites (N-methyl/N-ethyl adjacent to an activating group) is 1. The molecule has 8 heteroatoms. The van der Waals surface area contributed by atoms with E-state index >= 15 is 0 Å². The van der Waals surface area contributed by atoms with Gasteiger partial charge in [0.2, 0.25) is 5.91 Å². The van der Waals surface area contributed by atoms with Crippen LogP contribution in [0.3, 0.4) is 0 Å². The summed E-state index contributed by atoms with van der Waals surface area (Å²) in [6.07, 6.45) is 1.57. The first-order valence-electron chi connectivity index (χ1n) is 6.28. The molecule has 0 aliphatic heterocycles. The second kappa shape index (κ2) is 6.49. The molecule has 1 amide bonds. The lowest BCUT2D eigenvalue weighted by Crippen LogP contribution is -2.33. The lowest BCUT2D eigenvalue weighted by molar-refractivity contribution is -0.131. The number of hydrogen-bond donors (Lipinski definition) is 0. The van der Waals surface area contributed by atoms with Crippen LogP contribution in [-0.2, 0) is 17.9 Å². The van der Waals surface area contributed by atoms with Gasteiger partial charge < -0.3 is 14.2 Å². The Balaban J connectivity index is 2.08. The molecule has 0 aromatic carbocycles. The summed E-state index contributed by atoms with van der Waals surface area (Å²) in [5.74, 6) is 0.0496. The van der Waals surface area contributed by atoms with Crippen LogP contribution in [0.2, 0.25) is 0 Å². The third kappa shape index (κ3) is 3.46. The second-order valence-corrected chi connectivity index (χ2v) is 5.38. The van der Waals surface area contributed by atoms with Crippen molar-refractivity contribution in [3.63, 3.8) is 0 Å². The molecular weight excluding hydrogens is 292 g/mol. The minimum Gasteiger partial charge on any atom is -0.491 e. The molecular formula is C13H16N4O3S. The van der Waals surface area contributed by atoms with Crippen molar-refractivity contribution in [2.45, 2.75) is 20.0 Å². The fourth-order valence-corrected chi connectivity index (χ4v) is 2.45. The van der Waals surface area contributed by atoms with Crippen LogP contribution in [0.1, 0.15) is 10.6 Å². The van der Waals surface area contributed by atoms with Gasteiger partial charge in [-0.1, -0.05) is 4.49 Å². The summed E-state index contributed by atoms with van der Waals surface area (Å²) in [5.41, 5.74) is 0.496. The highest BCUT2D eigenvalue weighted by Crippen LogP contribution is 2.11. The Hall–Kier alpha value is -2.22. The molecule has 0 unspecified atom stereocenters. The maximum absolute atomic E-state index is 12.2. The van der Waals surface area contributed by atoms with Gasteiger partial charge in [-0.3, -0.25) is 9.59 Å². The van der Waals surface area contributed by atoms with Crippen molar-refractivity contribution >= 4 is 17.4 Å². The number of rotatable bonds is 5. The van der Waals surface area contributed by atoms with Gasteiger partial charge in [-0.15, -0.1) is 5.10 Å². The highest BCUT2D eigenvalue weighted by molar-refractivity contribution is 7.05. The van der Waals surface area contributed by atoms with Gasteiger partial charge in [0.05, 0.1) is 24.2 Å². The zero-order chi connectivity index (χ0) is 15.4. The third-order valence-electron chi connectivity index (χ3n) is 3.06. The van der Waals surface area contributed by atoms with E-state index in [1.807, 2.05) is 6.92 Å². The van der Waals surface area contributed by atoms with Crippen LogP contribution >= 0.6 is 11.5 Å². The molecule has 2 rings (SSSR count). The number of carbonyl (C=O) groups is 1. The quantitative estimate of drug-likeness (QED) is 0.811. The van der Waals surface area contributed by atoms with Crippen LogP contribution in [0.5, 0.6) is 5.75 Å². The topological polar surface area (TPSA) is 77.3 Å². The Morgan fingerprint density at radius 3 is 2.90 bits per heavy atom. The number of ether oxygens (including phenoxy) is 1. The predicted octanol–water partition coefficient (Wildman–Crippen LogP) is 0.675. The number of hydrogen-bond acceptors (Lipinski definition) is 6. The van der Waals surface area contributed by atoms with E-state index < -0.39 is 0 Å². The molecule has 0 saturated carbocycles. The largest absolute Gasteiger partial charge is 0.491 e. The minimum absolute atomic E-state index is 0.0299. The molecule has 0 aliphatic rings. The van der Waals surface area contributed by atoms with Gasteiger partial charge in [0, 0.05) is 13.2 Å². The molecule has 0 aliphatic carbocycles. The first-order chi connectivity index (χ1) is 10.0. The van der Waals surface area contributed by atoms with Crippen molar-refractivity contribution in [1.82, 2.24) is 19.1 Å². The van der Waals surface area contributed by atoms with Crippen LogP contribution in [0.4, 0.5) is 0 Å². The van der Waals surface area contributed by atoms with E-state index in [2.05, 4.69) is 9.59 Å². The smallest absolute Gasteiger partial charge is 0.293 e. The van der Waals surface area contributed by atoms with Crippen LogP contribution in [0.25, 0.3) is 0 Å². The van der Waals surface area contributed by atoms with Crippen molar-refractivity contribution in [1.29, 1.82) is 0 Å². The lowest BCUT2D eigenvalue weighted by atomic mass is 10.3. The fraction of sp³-hybridized carbons (Fsp3) is 0.385. The van der Waals surface area contributed by atoms with E-state index in [0.29, 0.717) is 6.54 Å². The molecule has 2 aromatic rings. The molecule has 0 spiro atoms. The van der Waals surface area contributed by atoms with E-state index in [0.717, 1.165) is 10.6 Å². The molecule has 0 radical (unpaired) electrons. The summed E-state index contributed by atoms with van der Waals surface area (Å²) >= 11 is 1.27. The van der Waals surface area contributed by atoms with Gasteiger partial charge >= 0.3 is 0 Å².